The summed E-state index contributed by atoms with van der Waals surface area (Å²) in [5.41, 5.74) is 0.297. The van der Waals surface area contributed by atoms with Crippen LogP contribution in [0.15, 0.2) is 36.4 Å². The van der Waals surface area contributed by atoms with Gasteiger partial charge in [-0.05, 0) is 29.8 Å². The van der Waals surface area contributed by atoms with E-state index in [2.05, 4.69) is 0 Å². The van der Waals surface area contributed by atoms with E-state index in [1.165, 1.54) is 31.2 Å². The van der Waals surface area contributed by atoms with Crippen LogP contribution in [0.3, 0.4) is 0 Å². The van der Waals surface area contributed by atoms with Gasteiger partial charge in [0.25, 0.3) is 0 Å². The summed E-state index contributed by atoms with van der Waals surface area (Å²) in [5, 5.41) is 18.6. The molecule has 0 fully saturated rings. The largest absolute Gasteiger partial charge is 0.426 e. The van der Waals surface area contributed by atoms with Crippen LogP contribution in [0, 0.1) is 11.6 Å². The van der Waals surface area contributed by atoms with Crippen molar-refractivity contribution in [3.8, 4) is 16.9 Å². The van der Waals surface area contributed by atoms with Gasteiger partial charge in [0.15, 0.2) is 6.29 Å². The third-order valence-corrected chi connectivity index (χ3v) is 2.78. The van der Waals surface area contributed by atoms with Crippen molar-refractivity contribution in [2.24, 2.45) is 0 Å². The normalized spacial score (nSPS) is 10.8. The number of esters is 1. The van der Waals surface area contributed by atoms with Crippen LogP contribution >= 0.6 is 0 Å². The summed E-state index contributed by atoms with van der Waals surface area (Å²) in [6, 6.07) is 7.06. The SMILES string of the molecule is CC(=O)Oc1ccc(-c2ccc(F)cc2F)cc1C(O)O. The third-order valence-electron chi connectivity index (χ3n) is 2.78. The van der Waals surface area contributed by atoms with Crippen molar-refractivity contribution in [3.05, 3.63) is 53.6 Å². The number of hydrogen-bond donors (Lipinski definition) is 2. The Kier molecular flexibility index (Phi) is 4.30. The van der Waals surface area contributed by atoms with Crippen LogP contribution in [0.25, 0.3) is 11.1 Å². The molecule has 21 heavy (non-hydrogen) atoms. The lowest BCUT2D eigenvalue weighted by atomic mass is 10.0. The molecule has 0 radical (unpaired) electrons. The monoisotopic (exact) mass is 294 g/mol. The van der Waals surface area contributed by atoms with E-state index in [4.69, 9.17) is 4.74 Å². The second kappa shape index (κ2) is 5.99. The quantitative estimate of drug-likeness (QED) is 0.518. The Balaban J connectivity index is 2.51. The molecular formula is C15H12F2O4. The zero-order chi connectivity index (χ0) is 15.6. The van der Waals surface area contributed by atoms with Gasteiger partial charge in [0, 0.05) is 18.6 Å². The van der Waals surface area contributed by atoms with E-state index in [0.717, 1.165) is 12.1 Å². The lowest BCUT2D eigenvalue weighted by molar-refractivity contribution is -0.132. The molecule has 0 aliphatic rings. The third kappa shape index (κ3) is 3.42. The highest BCUT2D eigenvalue weighted by molar-refractivity contribution is 5.72. The first-order valence-corrected chi connectivity index (χ1v) is 6.02. The predicted molar refractivity (Wildman–Crippen MR) is 70.3 cm³/mol. The maximum atomic E-state index is 13.7. The Labute approximate surface area is 119 Å². The van der Waals surface area contributed by atoms with Crippen LogP contribution in [0.4, 0.5) is 8.78 Å². The molecular weight excluding hydrogens is 282 g/mol. The molecule has 0 atom stereocenters. The fourth-order valence-electron chi connectivity index (χ4n) is 1.89. The Morgan fingerprint density at radius 2 is 1.86 bits per heavy atom. The summed E-state index contributed by atoms with van der Waals surface area (Å²) in [4.78, 5) is 10.9. The maximum absolute atomic E-state index is 13.7. The molecule has 0 aliphatic carbocycles. The zero-order valence-corrected chi connectivity index (χ0v) is 11.0. The highest BCUT2D eigenvalue weighted by Gasteiger charge is 2.15. The van der Waals surface area contributed by atoms with Crippen molar-refractivity contribution in [2.45, 2.75) is 13.2 Å². The highest BCUT2D eigenvalue weighted by Crippen LogP contribution is 2.31. The average molecular weight is 294 g/mol. The fourth-order valence-corrected chi connectivity index (χ4v) is 1.89. The number of carbonyl (C=O) groups is 1. The van der Waals surface area contributed by atoms with Gasteiger partial charge in [-0.3, -0.25) is 4.79 Å². The number of halogens is 2. The van der Waals surface area contributed by atoms with Gasteiger partial charge in [0.05, 0.1) is 5.56 Å². The highest BCUT2D eigenvalue weighted by atomic mass is 19.1. The van der Waals surface area contributed by atoms with Crippen LogP contribution in [-0.4, -0.2) is 16.2 Å². The summed E-state index contributed by atoms with van der Waals surface area (Å²) in [6.07, 6.45) is -1.90. The molecule has 0 saturated heterocycles. The standard InChI is InChI=1S/C15H12F2O4/c1-8(18)21-14-5-2-9(6-12(14)15(19)20)11-4-3-10(16)7-13(11)17/h2-7,15,19-20H,1H3. The Morgan fingerprint density at radius 1 is 1.14 bits per heavy atom. The summed E-state index contributed by atoms with van der Waals surface area (Å²) < 4.78 is 31.5. The van der Waals surface area contributed by atoms with Crippen LogP contribution in [0.5, 0.6) is 5.75 Å². The number of ether oxygens (including phenoxy) is 1. The van der Waals surface area contributed by atoms with Crippen molar-refractivity contribution < 1.29 is 28.5 Å². The minimum Gasteiger partial charge on any atom is -0.426 e. The average Bonchev–Trinajstić information content (AvgIpc) is 2.38. The smallest absolute Gasteiger partial charge is 0.308 e. The molecule has 2 aromatic carbocycles. The van der Waals surface area contributed by atoms with Crippen LogP contribution in [-0.2, 0) is 4.79 Å². The molecule has 4 nitrogen and oxygen atoms in total. The molecule has 2 rings (SSSR count). The summed E-state index contributed by atoms with van der Waals surface area (Å²) in [6.45, 7) is 1.17. The van der Waals surface area contributed by atoms with Crippen molar-refractivity contribution >= 4 is 5.97 Å². The van der Waals surface area contributed by atoms with Gasteiger partial charge >= 0.3 is 5.97 Å². The van der Waals surface area contributed by atoms with Gasteiger partial charge in [-0.25, -0.2) is 8.78 Å². The fraction of sp³-hybridized carbons (Fsp3) is 0.133. The van der Waals surface area contributed by atoms with E-state index < -0.39 is 23.9 Å². The number of carbonyl (C=O) groups excluding carboxylic acids is 1. The maximum Gasteiger partial charge on any atom is 0.308 e. The molecule has 2 N–H and O–H groups in total. The predicted octanol–water partition coefficient (Wildman–Crippen LogP) is 2.54. The second-order valence-corrected chi connectivity index (χ2v) is 4.34. The molecule has 0 aromatic heterocycles. The number of benzene rings is 2. The molecule has 0 aliphatic heterocycles. The van der Waals surface area contributed by atoms with Gasteiger partial charge in [-0.2, -0.15) is 0 Å². The molecule has 0 saturated carbocycles. The number of hydrogen-bond acceptors (Lipinski definition) is 4. The molecule has 110 valence electrons. The van der Waals surface area contributed by atoms with Gasteiger partial charge < -0.3 is 14.9 Å². The van der Waals surface area contributed by atoms with Crippen molar-refractivity contribution in [1.82, 2.24) is 0 Å². The first kappa shape index (κ1) is 15.1. The topological polar surface area (TPSA) is 66.8 Å². The summed E-state index contributed by atoms with van der Waals surface area (Å²) in [5.74, 6) is -2.16. The van der Waals surface area contributed by atoms with E-state index in [0.29, 0.717) is 5.56 Å². The molecule has 0 heterocycles. The minimum absolute atomic E-state index is 0.0382. The summed E-state index contributed by atoms with van der Waals surface area (Å²) >= 11 is 0. The molecule has 6 heteroatoms. The molecule has 0 bridgehead atoms. The molecule has 2 aromatic rings. The lowest BCUT2D eigenvalue weighted by Crippen LogP contribution is -2.06. The van der Waals surface area contributed by atoms with E-state index in [9.17, 15) is 23.8 Å². The minimum atomic E-state index is -1.90. The van der Waals surface area contributed by atoms with Gasteiger partial charge in [0.2, 0.25) is 0 Å². The van der Waals surface area contributed by atoms with Crippen LogP contribution < -0.4 is 4.74 Å². The van der Waals surface area contributed by atoms with E-state index >= 15 is 0 Å². The first-order chi connectivity index (χ1) is 9.88. The molecule has 0 amide bonds. The van der Waals surface area contributed by atoms with E-state index in [1.807, 2.05) is 0 Å². The van der Waals surface area contributed by atoms with Crippen LogP contribution in [0.2, 0.25) is 0 Å². The number of rotatable bonds is 3. The molecule has 0 spiro atoms. The van der Waals surface area contributed by atoms with E-state index in [1.54, 1.807) is 0 Å². The van der Waals surface area contributed by atoms with E-state index in [-0.39, 0.29) is 16.9 Å². The van der Waals surface area contributed by atoms with Crippen molar-refractivity contribution in [3.63, 3.8) is 0 Å². The summed E-state index contributed by atoms with van der Waals surface area (Å²) in [7, 11) is 0. The lowest BCUT2D eigenvalue weighted by Gasteiger charge is -2.13. The van der Waals surface area contributed by atoms with Crippen molar-refractivity contribution in [2.75, 3.05) is 0 Å². The van der Waals surface area contributed by atoms with Gasteiger partial charge in [-0.1, -0.05) is 6.07 Å². The zero-order valence-electron chi connectivity index (χ0n) is 11.0. The van der Waals surface area contributed by atoms with Crippen molar-refractivity contribution in [1.29, 1.82) is 0 Å². The molecule has 0 unspecified atom stereocenters. The Morgan fingerprint density at radius 3 is 2.43 bits per heavy atom. The first-order valence-electron chi connectivity index (χ1n) is 6.02. The Bertz CT molecular complexity index is 683. The number of aliphatic hydroxyl groups is 2. The number of aliphatic hydroxyl groups excluding tert-OH is 1. The Hall–Kier alpha value is -2.31. The van der Waals surface area contributed by atoms with Gasteiger partial charge in [0.1, 0.15) is 17.4 Å². The van der Waals surface area contributed by atoms with Gasteiger partial charge in [-0.15, -0.1) is 0 Å². The second-order valence-electron chi connectivity index (χ2n) is 4.34. The van der Waals surface area contributed by atoms with Crippen LogP contribution in [0.1, 0.15) is 18.8 Å².